The average Bonchev–Trinajstić information content (AvgIpc) is 2.98. The van der Waals surface area contributed by atoms with Gasteiger partial charge in [0.05, 0.1) is 22.2 Å². The van der Waals surface area contributed by atoms with Gasteiger partial charge in [-0.25, -0.2) is 13.2 Å². The van der Waals surface area contributed by atoms with Gasteiger partial charge in [-0.2, -0.15) is 0 Å². The minimum Gasteiger partial charge on any atom is -0.363 e. The molecule has 12 nitrogen and oxygen atoms in total. The molecule has 2 fully saturated rings. The van der Waals surface area contributed by atoms with E-state index in [9.17, 15) is 32.4 Å². The molecule has 13 heteroatoms. The summed E-state index contributed by atoms with van der Waals surface area (Å²) in [7, 11) is -3.72. The lowest BCUT2D eigenvalue weighted by atomic mass is 9.80. The normalized spacial score (nSPS) is 18.5. The maximum Gasteiger partial charge on any atom is 0.315 e. The van der Waals surface area contributed by atoms with Gasteiger partial charge in [-0.15, -0.1) is 0 Å². The molecule has 5 N–H and O–H groups in total. The first-order valence-electron chi connectivity index (χ1n) is 16.8. The van der Waals surface area contributed by atoms with Gasteiger partial charge in [0.1, 0.15) is 12.1 Å². The Kier molecular flexibility index (Phi) is 13.0. The number of carbonyl (C=O) groups is 5. The van der Waals surface area contributed by atoms with E-state index in [-0.39, 0.29) is 23.1 Å². The Balaban J connectivity index is 1.80. The van der Waals surface area contributed by atoms with Crippen LogP contribution < -0.4 is 21.7 Å². The number of nitrogens with zero attached hydrogens (tertiary/aromatic N) is 1. The van der Waals surface area contributed by atoms with E-state index < -0.39 is 68.5 Å². The van der Waals surface area contributed by atoms with E-state index in [1.165, 1.54) is 4.90 Å². The zero-order chi connectivity index (χ0) is 35.0. The average molecular weight is 676 g/mol. The van der Waals surface area contributed by atoms with Crippen LogP contribution >= 0.6 is 0 Å². The standard InChI is InChI=1S/C34H53N5O7S/c1-6-20-39(23(2)30(42)36-26(27(40)29(35)41)21-24-14-13-15-24)31(43)28(33(3,4)5)37-32(44)38-34(18-11-8-12-19-34)22-47(45,46)25-16-9-7-10-17-25/h7,9-10,16-17,23-24,26,28H,6,8,11-15,18-22H2,1-5H3,(H2,35,41)(H,36,42)(H2,37,38,44)/t23-,26?,28+/m0/s1. The van der Waals surface area contributed by atoms with Gasteiger partial charge in [0.2, 0.25) is 17.6 Å². The number of urea groups is 1. The van der Waals surface area contributed by atoms with Crippen LogP contribution in [0, 0.1) is 11.3 Å². The fraction of sp³-hybridized carbons (Fsp3) is 0.676. The third-order valence-electron chi connectivity index (χ3n) is 9.41. The van der Waals surface area contributed by atoms with Crippen LogP contribution in [0.1, 0.15) is 98.8 Å². The predicted octanol–water partition coefficient (Wildman–Crippen LogP) is 3.23. The molecule has 47 heavy (non-hydrogen) atoms. The van der Waals surface area contributed by atoms with Crippen LogP contribution in [0.4, 0.5) is 4.79 Å². The fourth-order valence-corrected chi connectivity index (χ4v) is 8.29. The van der Waals surface area contributed by atoms with E-state index in [1.54, 1.807) is 58.0 Å². The van der Waals surface area contributed by atoms with Gasteiger partial charge in [-0.05, 0) is 56.1 Å². The molecule has 0 bridgehead atoms. The van der Waals surface area contributed by atoms with Crippen LogP contribution in [0.15, 0.2) is 35.2 Å². The number of hydrogen-bond donors (Lipinski definition) is 4. The molecule has 0 heterocycles. The summed E-state index contributed by atoms with van der Waals surface area (Å²) >= 11 is 0. The molecule has 1 unspecified atom stereocenters. The number of nitrogens with two attached hydrogens (primary N) is 1. The summed E-state index contributed by atoms with van der Waals surface area (Å²) in [6.45, 7) is 8.97. The van der Waals surface area contributed by atoms with Crippen molar-refractivity contribution in [1.29, 1.82) is 0 Å². The largest absolute Gasteiger partial charge is 0.363 e. The number of hydrogen-bond acceptors (Lipinski definition) is 7. The lowest BCUT2D eigenvalue weighted by molar-refractivity contribution is -0.144. The highest BCUT2D eigenvalue weighted by Crippen LogP contribution is 2.32. The highest BCUT2D eigenvalue weighted by Gasteiger charge is 2.43. The molecule has 0 aromatic heterocycles. The number of sulfone groups is 1. The number of ketones is 1. The zero-order valence-electron chi connectivity index (χ0n) is 28.5. The molecule has 5 amide bonds. The van der Waals surface area contributed by atoms with Gasteiger partial charge >= 0.3 is 6.03 Å². The molecule has 0 saturated heterocycles. The summed E-state index contributed by atoms with van der Waals surface area (Å²) < 4.78 is 26.8. The van der Waals surface area contributed by atoms with Crippen molar-refractivity contribution in [2.24, 2.45) is 17.1 Å². The molecule has 262 valence electrons. The number of Topliss-reactive ketones (excluding diaryl/α,β-unsaturated/α-hetero) is 1. The maximum atomic E-state index is 14.2. The Morgan fingerprint density at radius 1 is 0.979 bits per heavy atom. The number of primary amides is 1. The van der Waals surface area contributed by atoms with Crippen LogP contribution in [0.3, 0.4) is 0 Å². The van der Waals surface area contributed by atoms with Crippen molar-refractivity contribution in [2.75, 3.05) is 12.3 Å². The van der Waals surface area contributed by atoms with Crippen molar-refractivity contribution >= 4 is 39.4 Å². The van der Waals surface area contributed by atoms with Gasteiger partial charge in [-0.3, -0.25) is 19.2 Å². The monoisotopic (exact) mass is 675 g/mol. The first-order valence-corrected chi connectivity index (χ1v) is 18.5. The van der Waals surface area contributed by atoms with Crippen molar-refractivity contribution in [1.82, 2.24) is 20.9 Å². The highest BCUT2D eigenvalue weighted by molar-refractivity contribution is 7.91. The lowest BCUT2D eigenvalue weighted by Gasteiger charge is -2.40. The highest BCUT2D eigenvalue weighted by atomic mass is 32.2. The minimum atomic E-state index is -3.72. The summed E-state index contributed by atoms with van der Waals surface area (Å²) in [5.74, 6) is -3.16. The van der Waals surface area contributed by atoms with Crippen molar-refractivity contribution in [2.45, 2.75) is 127 Å². The van der Waals surface area contributed by atoms with E-state index >= 15 is 0 Å². The number of amides is 5. The van der Waals surface area contributed by atoms with Gasteiger partial charge < -0.3 is 26.6 Å². The molecule has 0 radical (unpaired) electrons. The Hall–Kier alpha value is -3.48. The molecule has 0 aliphatic heterocycles. The molecular formula is C34H53N5O7S. The summed E-state index contributed by atoms with van der Waals surface area (Å²) in [5, 5.41) is 8.44. The van der Waals surface area contributed by atoms with Gasteiger partial charge in [0.15, 0.2) is 9.84 Å². The Bertz CT molecular complexity index is 1380. The van der Waals surface area contributed by atoms with E-state index in [1.807, 2.05) is 6.92 Å². The van der Waals surface area contributed by atoms with Crippen molar-refractivity contribution in [3.8, 4) is 0 Å². The fourth-order valence-electron chi connectivity index (χ4n) is 6.47. The molecule has 2 saturated carbocycles. The number of benzene rings is 1. The number of nitrogens with one attached hydrogen (secondary N) is 3. The topological polar surface area (TPSA) is 185 Å². The molecule has 3 rings (SSSR count). The lowest BCUT2D eigenvalue weighted by Crippen LogP contribution is -2.63. The summed E-state index contributed by atoms with van der Waals surface area (Å²) in [5.41, 5.74) is 3.47. The van der Waals surface area contributed by atoms with Crippen LogP contribution in [-0.4, -0.2) is 78.8 Å². The van der Waals surface area contributed by atoms with E-state index in [2.05, 4.69) is 16.0 Å². The van der Waals surface area contributed by atoms with Crippen LogP contribution in [0.25, 0.3) is 0 Å². The third-order valence-corrected chi connectivity index (χ3v) is 11.3. The summed E-state index contributed by atoms with van der Waals surface area (Å²) in [6, 6.07) is 4.30. The second-order valence-electron chi connectivity index (χ2n) is 14.3. The van der Waals surface area contributed by atoms with Gasteiger partial charge in [-0.1, -0.05) is 84.4 Å². The van der Waals surface area contributed by atoms with E-state index in [0.29, 0.717) is 25.7 Å². The Morgan fingerprint density at radius 2 is 1.60 bits per heavy atom. The second kappa shape index (κ2) is 16.1. The summed E-state index contributed by atoms with van der Waals surface area (Å²) in [4.78, 5) is 67.1. The van der Waals surface area contributed by atoms with Crippen molar-refractivity contribution < 1.29 is 32.4 Å². The zero-order valence-corrected chi connectivity index (χ0v) is 29.3. The summed E-state index contributed by atoms with van der Waals surface area (Å²) in [6.07, 6.45) is 7.02. The number of carbonyl (C=O) groups excluding carboxylic acids is 5. The number of rotatable bonds is 15. The Labute approximate surface area is 279 Å². The molecule has 2 aliphatic rings. The smallest absolute Gasteiger partial charge is 0.315 e. The van der Waals surface area contributed by atoms with Crippen molar-refractivity contribution in [3.63, 3.8) is 0 Å². The van der Waals surface area contributed by atoms with Crippen LogP contribution in [-0.2, 0) is 29.0 Å². The molecule has 2 aliphatic carbocycles. The van der Waals surface area contributed by atoms with Crippen LogP contribution in [0.2, 0.25) is 0 Å². The van der Waals surface area contributed by atoms with Crippen molar-refractivity contribution in [3.05, 3.63) is 30.3 Å². The second-order valence-corrected chi connectivity index (χ2v) is 16.3. The molecule has 0 spiro atoms. The minimum absolute atomic E-state index is 0.185. The van der Waals surface area contributed by atoms with Gasteiger partial charge in [0.25, 0.3) is 5.91 Å². The molecular weight excluding hydrogens is 622 g/mol. The first-order chi connectivity index (χ1) is 22.0. The SMILES string of the molecule is CCCN(C(=O)[C@@H](NC(=O)NC1(CS(=O)(=O)c2ccccc2)CCCCC1)C(C)(C)C)[C@@H](C)C(=O)NC(CC1CCC1)C(=O)C(N)=O. The molecule has 3 atom stereocenters. The van der Waals surface area contributed by atoms with E-state index in [0.717, 1.165) is 38.5 Å². The van der Waals surface area contributed by atoms with Crippen LogP contribution in [0.5, 0.6) is 0 Å². The quantitative estimate of drug-likeness (QED) is 0.206. The molecule has 1 aromatic rings. The molecule has 1 aromatic carbocycles. The van der Waals surface area contributed by atoms with Gasteiger partial charge in [0, 0.05) is 6.54 Å². The Morgan fingerprint density at radius 3 is 2.11 bits per heavy atom. The third kappa shape index (κ3) is 10.3. The van der Waals surface area contributed by atoms with E-state index in [4.69, 9.17) is 5.73 Å². The predicted molar refractivity (Wildman–Crippen MR) is 179 cm³/mol. The first kappa shape index (κ1) is 38.0. The maximum absolute atomic E-state index is 14.2.